The third-order valence-electron chi connectivity index (χ3n) is 2.71. The van der Waals surface area contributed by atoms with Crippen LogP contribution in [0.15, 0.2) is 29.6 Å². The minimum Gasteiger partial charge on any atom is -0.444 e. The van der Waals surface area contributed by atoms with Crippen molar-refractivity contribution in [1.29, 1.82) is 0 Å². The predicted molar refractivity (Wildman–Crippen MR) is 81.0 cm³/mol. The number of aliphatic hydroxyl groups is 1. The lowest BCUT2D eigenvalue weighted by Crippen LogP contribution is -2.34. The maximum absolute atomic E-state index is 11.6. The second-order valence-corrected chi connectivity index (χ2v) is 6.50. The highest BCUT2D eigenvalue weighted by atomic mass is 32.1. The summed E-state index contributed by atoms with van der Waals surface area (Å²) in [5.74, 6) is 0. The van der Waals surface area contributed by atoms with Gasteiger partial charge in [-0.3, -0.25) is 0 Å². The fourth-order valence-electron chi connectivity index (χ4n) is 1.86. The Balaban J connectivity index is 1.99. The van der Waals surface area contributed by atoms with Crippen LogP contribution in [0.1, 0.15) is 32.4 Å². The number of carbonyl (C=O) groups excluding carboxylic acids is 1. The van der Waals surface area contributed by atoms with Crippen molar-refractivity contribution in [3.63, 3.8) is 0 Å². The van der Waals surface area contributed by atoms with Crippen LogP contribution in [0.25, 0.3) is 10.1 Å². The van der Waals surface area contributed by atoms with E-state index >= 15 is 0 Å². The average molecular weight is 293 g/mol. The summed E-state index contributed by atoms with van der Waals surface area (Å²) in [6.07, 6.45) is -1.25. The van der Waals surface area contributed by atoms with Gasteiger partial charge < -0.3 is 15.2 Å². The van der Waals surface area contributed by atoms with E-state index in [9.17, 15) is 9.90 Å². The minimum atomic E-state index is -0.737. The monoisotopic (exact) mass is 293 g/mol. The van der Waals surface area contributed by atoms with Crippen molar-refractivity contribution in [2.75, 3.05) is 6.54 Å². The number of thiophene rings is 1. The summed E-state index contributed by atoms with van der Waals surface area (Å²) < 4.78 is 6.26. The lowest BCUT2D eigenvalue weighted by atomic mass is 10.1. The van der Waals surface area contributed by atoms with Gasteiger partial charge in [-0.2, -0.15) is 0 Å². The summed E-state index contributed by atoms with van der Waals surface area (Å²) in [5.41, 5.74) is 0.297. The molecule has 0 aliphatic carbocycles. The maximum atomic E-state index is 11.6. The van der Waals surface area contributed by atoms with Crippen molar-refractivity contribution in [2.45, 2.75) is 32.5 Å². The number of fused-ring (bicyclic) bond motifs is 1. The first-order valence-corrected chi connectivity index (χ1v) is 7.36. The smallest absolute Gasteiger partial charge is 0.407 e. The molecule has 0 radical (unpaired) electrons. The van der Waals surface area contributed by atoms with E-state index in [2.05, 4.69) is 5.32 Å². The molecule has 0 fully saturated rings. The molecule has 108 valence electrons. The summed E-state index contributed by atoms with van der Waals surface area (Å²) in [4.78, 5) is 11.6. The Hall–Kier alpha value is -1.59. The van der Waals surface area contributed by atoms with Crippen LogP contribution < -0.4 is 5.32 Å². The molecule has 1 aromatic carbocycles. The number of benzene rings is 1. The number of carbonyl (C=O) groups is 1. The molecular weight excluding hydrogens is 274 g/mol. The van der Waals surface area contributed by atoms with E-state index in [-0.39, 0.29) is 6.54 Å². The number of hydrogen-bond donors (Lipinski definition) is 2. The standard InChI is InChI=1S/C15H19NO3S/c1-15(2,3)19-14(18)16-8-12(17)11-9-20-13-7-5-4-6-10(11)13/h4-7,9,12,17H,8H2,1-3H3,(H,16,18). The van der Waals surface area contributed by atoms with Crippen LogP contribution in [0.5, 0.6) is 0 Å². The predicted octanol–water partition coefficient (Wildman–Crippen LogP) is 3.46. The number of rotatable bonds is 3. The quantitative estimate of drug-likeness (QED) is 0.911. The van der Waals surface area contributed by atoms with Gasteiger partial charge in [-0.1, -0.05) is 18.2 Å². The van der Waals surface area contributed by atoms with Crippen molar-refractivity contribution in [3.05, 3.63) is 35.2 Å². The zero-order valence-corrected chi connectivity index (χ0v) is 12.7. The Bertz CT molecular complexity index is 600. The van der Waals surface area contributed by atoms with Crippen LogP contribution in [0.4, 0.5) is 4.79 Å². The third kappa shape index (κ3) is 3.71. The Morgan fingerprint density at radius 1 is 1.40 bits per heavy atom. The Morgan fingerprint density at radius 2 is 2.10 bits per heavy atom. The largest absolute Gasteiger partial charge is 0.444 e. The number of amides is 1. The van der Waals surface area contributed by atoms with Crippen LogP contribution >= 0.6 is 11.3 Å². The molecule has 2 aromatic rings. The maximum Gasteiger partial charge on any atom is 0.407 e. The van der Waals surface area contributed by atoms with Gasteiger partial charge >= 0.3 is 6.09 Å². The molecule has 1 unspecified atom stereocenters. The van der Waals surface area contributed by atoms with Crippen LogP contribution in [0.3, 0.4) is 0 Å². The van der Waals surface area contributed by atoms with Gasteiger partial charge in [-0.15, -0.1) is 11.3 Å². The molecule has 0 saturated carbocycles. The molecule has 4 nitrogen and oxygen atoms in total. The molecule has 0 aliphatic rings. The molecule has 5 heteroatoms. The Kier molecular flexibility index (Phi) is 4.30. The van der Waals surface area contributed by atoms with Crippen molar-refractivity contribution >= 4 is 27.5 Å². The van der Waals surface area contributed by atoms with Crippen molar-refractivity contribution in [2.24, 2.45) is 0 Å². The molecule has 1 atom stereocenters. The van der Waals surface area contributed by atoms with Gasteiger partial charge in [-0.25, -0.2) is 4.79 Å². The molecule has 0 aliphatic heterocycles. The highest BCUT2D eigenvalue weighted by molar-refractivity contribution is 7.17. The topological polar surface area (TPSA) is 58.6 Å². The van der Waals surface area contributed by atoms with Crippen LogP contribution in [-0.4, -0.2) is 23.3 Å². The van der Waals surface area contributed by atoms with Gasteiger partial charge in [0.15, 0.2) is 0 Å². The number of nitrogens with one attached hydrogen (secondary N) is 1. The van der Waals surface area contributed by atoms with Gasteiger partial charge in [0.25, 0.3) is 0 Å². The molecule has 1 aromatic heterocycles. The first kappa shape index (κ1) is 14.8. The molecule has 0 saturated heterocycles. The Morgan fingerprint density at radius 3 is 2.80 bits per heavy atom. The van der Waals surface area contributed by atoms with E-state index in [1.165, 1.54) is 0 Å². The molecular formula is C15H19NO3S. The first-order valence-electron chi connectivity index (χ1n) is 6.48. The zero-order chi connectivity index (χ0) is 14.8. The first-order chi connectivity index (χ1) is 9.37. The van der Waals surface area contributed by atoms with E-state index in [0.717, 1.165) is 15.6 Å². The summed E-state index contributed by atoms with van der Waals surface area (Å²) in [5, 5.41) is 15.7. The molecule has 0 spiro atoms. The van der Waals surface area contributed by atoms with Gasteiger partial charge in [-0.05, 0) is 37.6 Å². The fourth-order valence-corrected chi connectivity index (χ4v) is 2.87. The number of hydrogen-bond acceptors (Lipinski definition) is 4. The normalized spacial score (nSPS) is 13.2. The number of alkyl carbamates (subject to hydrolysis) is 1. The summed E-state index contributed by atoms with van der Waals surface area (Å²) in [6.45, 7) is 5.54. The SMILES string of the molecule is CC(C)(C)OC(=O)NCC(O)c1csc2ccccc12. The second kappa shape index (κ2) is 5.81. The van der Waals surface area contributed by atoms with Crippen LogP contribution in [0.2, 0.25) is 0 Å². The molecule has 0 bridgehead atoms. The van der Waals surface area contributed by atoms with Crippen LogP contribution in [0, 0.1) is 0 Å². The van der Waals surface area contributed by atoms with E-state index < -0.39 is 17.8 Å². The van der Waals surface area contributed by atoms with E-state index in [1.54, 1.807) is 32.1 Å². The number of aliphatic hydroxyl groups excluding tert-OH is 1. The zero-order valence-electron chi connectivity index (χ0n) is 11.8. The molecule has 1 amide bonds. The van der Waals surface area contributed by atoms with Crippen molar-refractivity contribution < 1.29 is 14.6 Å². The summed E-state index contributed by atoms with van der Waals surface area (Å²) >= 11 is 1.58. The lowest BCUT2D eigenvalue weighted by molar-refractivity contribution is 0.0492. The van der Waals surface area contributed by atoms with E-state index in [4.69, 9.17) is 4.74 Å². The van der Waals surface area contributed by atoms with Gasteiger partial charge in [0.05, 0.1) is 12.6 Å². The summed E-state index contributed by atoms with van der Waals surface area (Å²) in [6, 6.07) is 7.88. The fraction of sp³-hybridized carbons (Fsp3) is 0.400. The van der Waals surface area contributed by atoms with Gasteiger partial charge in [0.2, 0.25) is 0 Å². The molecule has 20 heavy (non-hydrogen) atoms. The lowest BCUT2D eigenvalue weighted by Gasteiger charge is -2.20. The van der Waals surface area contributed by atoms with E-state index in [0.29, 0.717) is 0 Å². The number of ether oxygens (including phenoxy) is 1. The van der Waals surface area contributed by atoms with E-state index in [1.807, 2.05) is 29.6 Å². The van der Waals surface area contributed by atoms with Gasteiger partial charge in [0.1, 0.15) is 5.60 Å². The summed E-state index contributed by atoms with van der Waals surface area (Å²) in [7, 11) is 0. The Labute approximate surface area is 122 Å². The highest BCUT2D eigenvalue weighted by Crippen LogP contribution is 2.29. The minimum absolute atomic E-state index is 0.135. The molecule has 1 heterocycles. The van der Waals surface area contributed by atoms with Crippen molar-refractivity contribution in [1.82, 2.24) is 5.32 Å². The second-order valence-electron chi connectivity index (χ2n) is 5.59. The molecule has 2 rings (SSSR count). The van der Waals surface area contributed by atoms with Crippen molar-refractivity contribution in [3.8, 4) is 0 Å². The average Bonchev–Trinajstić information content (AvgIpc) is 2.78. The van der Waals surface area contributed by atoms with Gasteiger partial charge in [0, 0.05) is 10.3 Å². The van der Waals surface area contributed by atoms with Crippen LogP contribution in [-0.2, 0) is 4.74 Å². The molecule has 2 N–H and O–H groups in total. The highest BCUT2D eigenvalue weighted by Gasteiger charge is 2.18. The third-order valence-corrected chi connectivity index (χ3v) is 3.69.